The summed E-state index contributed by atoms with van der Waals surface area (Å²) in [6.07, 6.45) is 2.90. The topological polar surface area (TPSA) is 109 Å². The Morgan fingerprint density at radius 2 is 1.26 bits per heavy atom. The van der Waals surface area contributed by atoms with Crippen molar-refractivity contribution in [1.29, 1.82) is 5.26 Å². The highest BCUT2D eigenvalue weighted by atomic mass is 16.1. The molecule has 2 N–H and O–H groups in total. The van der Waals surface area contributed by atoms with Crippen LogP contribution < -0.4 is 5.73 Å². The average Bonchev–Trinajstić information content (AvgIpc) is 2.58. The van der Waals surface area contributed by atoms with E-state index < -0.39 is 0 Å². The standard InChI is InChI=1S/C17H10N4O2/c18-9-16(12-1-5-14(6-2-12)20-10-22)17(19)13-3-7-15(8-4-13)21-11-23/h1-8H,19H2/b17-16-. The highest BCUT2D eigenvalue weighted by molar-refractivity contribution is 5.96. The maximum Gasteiger partial charge on any atom is 0.240 e. The van der Waals surface area contributed by atoms with Gasteiger partial charge in [0.2, 0.25) is 12.2 Å². The molecule has 0 saturated heterocycles. The first kappa shape index (κ1) is 15.6. The molecule has 0 bridgehead atoms. The zero-order valence-electron chi connectivity index (χ0n) is 11.9. The molecule has 6 heteroatoms. The van der Waals surface area contributed by atoms with Crippen molar-refractivity contribution >= 4 is 34.8 Å². The molecule has 0 unspecified atom stereocenters. The van der Waals surface area contributed by atoms with Crippen molar-refractivity contribution in [3.63, 3.8) is 0 Å². The number of rotatable bonds is 4. The fourth-order valence-corrected chi connectivity index (χ4v) is 1.95. The summed E-state index contributed by atoms with van der Waals surface area (Å²) in [4.78, 5) is 27.4. The van der Waals surface area contributed by atoms with Crippen molar-refractivity contribution in [3.05, 3.63) is 59.7 Å². The van der Waals surface area contributed by atoms with Gasteiger partial charge in [-0.2, -0.15) is 15.2 Å². The largest absolute Gasteiger partial charge is 0.397 e. The van der Waals surface area contributed by atoms with Crippen molar-refractivity contribution in [3.8, 4) is 6.07 Å². The molecule has 0 atom stereocenters. The zero-order valence-corrected chi connectivity index (χ0v) is 11.9. The summed E-state index contributed by atoms with van der Waals surface area (Å²) in [5, 5.41) is 9.38. The normalized spacial score (nSPS) is 10.6. The van der Waals surface area contributed by atoms with Gasteiger partial charge in [-0.1, -0.05) is 24.3 Å². The summed E-state index contributed by atoms with van der Waals surface area (Å²) in [5.41, 5.74) is 8.77. The molecule has 0 heterocycles. The third kappa shape index (κ3) is 3.66. The lowest BCUT2D eigenvalue weighted by Crippen LogP contribution is -2.00. The van der Waals surface area contributed by atoms with Crippen LogP contribution in [0.2, 0.25) is 0 Å². The third-order valence-electron chi connectivity index (χ3n) is 3.06. The Kier molecular flexibility index (Phi) is 4.96. The van der Waals surface area contributed by atoms with Gasteiger partial charge in [-0.25, -0.2) is 9.59 Å². The van der Waals surface area contributed by atoms with Crippen LogP contribution >= 0.6 is 0 Å². The van der Waals surface area contributed by atoms with Crippen molar-refractivity contribution in [2.45, 2.75) is 0 Å². The fraction of sp³-hybridized carbons (Fsp3) is 0. The molecule has 0 aliphatic carbocycles. The number of nitrogens with two attached hydrogens (primary N) is 1. The predicted octanol–water partition coefficient (Wildman–Crippen LogP) is 2.97. The predicted molar refractivity (Wildman–Crippen MR) is 85.1 cm³/mol. The Morgan fingerprint density at radius 3 is 1.65 bits per heavy atom. The van der Waals surface area contributed by atoms with Crippen molar-refractivity contribution in [2.24, 2.45) is 15.7 Å². The minimum Gasteiger partial charge on any atom is -0.397 e. The molecule has 0 aliphatic heterocycles. The Labute approximate surface area is 131 Å². The summed E-state index contributed by atoms with van der Waals surface area (Å²) in [5.74, 6) is 0. The van der Waals surface area contributed by atoms with E-state index in [2.05, 4.69) is 16.1 Å². The number of carbonyl (C=O) groups excluding carboxylic acids is 2. The Morgan fingerprint density at radius 1 is 0.826 bits per heavy atom. The van der Waals surface area contributed by atoms with Crippen molar-refractivity contribution < 1.29 is 9.59 Å². The highest BCUT2D eigenvalue weighted by Gasteiger charge is 2.08. The maximum atomic E-state index is 10.2. The average molecular weight is 302 g/mol. The molecule has 0 aromatic heterocycles. The minimum absolute atomic E-state index is 0.290. The van der Waals surface area contributed by atoms with Crippen LogP contribution in [-0.2, 0) is 9.59 Å². The van der Waals surface area contributed by atoms with Gasteiger partial charge in [0.25, 0.3) is 0 Å². The molecule has 23 heavy (non-hydrogen) atoms. The second-order valence-corrected chi connectivity index (χ2v) is 4.40. The summed E-state index contributed by atoms with van der Waals surface area (Å²) >= 11 is 0. The second-order valence-electron chi connectivity index (χ2n) is 4.40. The van der Waals surface area contributed by atoms with E-state index in [1.165, 1.54) is 12.2 Å². The van der Waals surface area contributed by atoms with Crippen molar-refractivity contribution in [1.82, 2.24) is 0 Å². The summed E-state index contributed by atoms with van der Waals surface area (Å²) in [6.45, 7) is 0. The lowest BCUT2D eigenvalue weighted by atomic mass is 10.0. The van der Waals surface area contributed by atoms with Crippen LogP contribution in [0, 0.1) is 11.3 Å². The van der Waals surface area contributed by atoms with Crippen LogP contribution in [0.3, 0.4) is 0 Å². The fourth-order valence-electron chi connectivity index (χ4n) is 1.95. The van der Waals surface area contributed by atoms with E-state index >= 15 is 0 Å². The minimum atomic E-state index is 0.290. The molecule has 2 aromatic carbocycles. The molecule has 6 nitrogen and oxygen atoms in total. The number of nitriles is 1. The lowest BCUT2D eigenvalue weighted by molar-refractivity contribution is 0.564. The molecule has 2 aromatic rings. The van der Waals surface area contributed by atoms with Gasteiger partial charge >= 0.3 is 0 Å². The quantitative estimate of drug-likeness (QED) is 0.405. The van der Waals surface area contributed by atoms with Gasteiger partial charge < -0.3 is 5.73 Å². The molecule has 0 fully saturated rings. The first-order chi connectivity index (χ1) is 11.2. The maximum absolute atomic E-state index is 10.2. The number of hydrogen-bond donors (Lipinski definition) is 1. The molecule has 0 amide bonds. The smallest absolute Gasteiger partial charge is 0.240 e. The number of nitrogens with zero attached hydrogens (tertiary/aromatic N) is 3. The van der Waals surface area contributed by atoms with Gasteiger partial charge in [0.05, 0.1) is 22.6 Å². The van der Waals surface area contributed by atoms with E-state index in [1.54, 1.807) is 48.5 Å². The summed E-state index contributed by atoms with van der Waals surface area (Å²) < 4.78 is 0. The van der Waals surface area contributed by atoms with Gasteiger partial charge in [0.1, 0.15) is 6.07 Å². The van der Waals surface area contributed by atoms with E-state index in [4.69, 9.17) is 5.73 Å². The Balaban J connectivity index is 2.44. The molecule has 0 saturated carbocycles. The molecule has 0 radical (unpaired) electrons. The van der Waals surface area contributed by atoms with Crippen LogP contribution in [0.25, 0.3) is 11.3 Å². The van der Waals surface area contributed by atoms with E-state index in [1.807, 2.05) is 0 Å². The van der Waals surface area contributed by atoms with Crippen LogP contribution in [-0.4, -0.2) is 12.2 Å². The summed E-state index contributed by atoms with van der Waals surface area (Å²) in [7, 11) is 0. The molecule has 0 spiro atoms. The Bertz CT molecular complexity index is 878. The number of isocyanates is 2. The highest BCUT2D eigenvalue weighted by Crippen LogP contribution is 2.25. The number of benzene rings is 2. The van der Waals surface area contributed by atoms with Gasteiger partial charge in [0.15, 0.2) is 0 Å². The van der Waals surface area contributed by atoms with Crippen LogP contribution in [0.4, 0.5) is 11.4 Å². The molecule has 110 valence electrons. The second kappa shape index (κ2) is 7.30. The van der Waals surface area contributed by atoms with E-state index in [0.29, 0.717) is 33.8 Å². The summed E-state index contributed by atoms with van der Waals surface area (Å²) in [6, 6.07) is 15.1. The van der Waals surface area contributed by atoms with E-state index in [0.717, 1.165) is 0 Å². The van der Waals surface area contributed by atoms with Gasteiger partial charge in [-0.3, -0.25) is 0 Å². The molecular formula is C17H10N4O2. The monoisotopic (exact) mass is 302 g/mol. The molecule has 0 aliphatic rings. The Hall–Kier alpha value is -3.77. The van der Waals surface area contributed by atoms with Crippen LogP contribution in [0.15, 0.2) is 58.5 Å². The zero-order chi connectivity index (χ0) is 16.7. The van der Waals surface area contributed by atoms with E-state index in [9.17, 15) is 14.9 Å². The number of aliphatic imine (C=N–C) groups is 2. The first-order valence-electron chi connectivity index (χ1n) is 6.46. The van der Waals surface area contributed by atoms with Gasteiger partial charge in [-0.15, -0.1) is 0 Å². The van der Waals surface area contributed by atoms with Crippen LogP contribution in [0.1, 0.15) is 11.1 Å². The molecule has 2 rings (SSSR count). The SMILES string of the molecule is N#C/C(=C(/N)c1ccc(N=C=O)cc1)c1ccc(N=C=O)cc1. The number of hydrogen-bond acceptors (Lipinski definition) is 6. The molecular weight excluding hydrogens is 292 g/mol. The van der Waals surface area contributed by atoms with Crippen LogP contribution in [0.5, 0.6) is 0 Å². The van der Waals surface area contributed by atoms with Gasteiger partial charge in [-0.05, 0) is 35.4 Å². The third-order valence-corrected chi connectivity index (χ3v) is 3.06. The lowest BCUT2D eigenvalue weighted by Gasteiger charge is -2.07. The van der Waals surface area contributed by atoms with Gasteiger partial charge in [0, 0.05) is 0 Å². The number of allylic oxidation sites excluding steroid dienone is 1. The van der Waals surface area contributed by atoms with Crippen molar-refractivity contribution in [2.75, 3.05) is 0 Å². The first-order valence-corrected chi connectivity index (χ1v) is 6.46. The van der Waals surface area contributed by atoms with E-state index in [-0.39, 0.29) is 0 Å².